The Balaban J connectivity index is 1.55. The maximum Gasteiger partial charge on any atom is 0.245 e. The second kappa shape index (κ2) is 7.42. The second-order valence-corrected chi connectivity index (χ2v) is 8.16. The van der Waals surface area contributed by atoms with E-state index in [0.29, 0.717) is 30.8 Å². The standard InChI is InChI=1S/C16H18N4O3S2/c1-11-16(12(2)23-20-11)25(21,22)18-7-3-4-15-19-14(10-24-15)13-5-8-17-9-6-13/h5-6,8-10,18H,3-4,7H2,1-2H3. The highest BCUT2D eigenvalue weighted by Crippen LogP contribution is 2.22. The summed E-state index contributed by atoms with van der Waals surface area (Å²) in [6.07, 6.45) is 4.83. The van der Waals surface area contributed by atoms with Crippen LogP contribution in [0.1, 0.15) is 22.9 Å². The lowest BCUT2D eigenvalue weighted by atomic mass is 10.2. The molecule has 7 nitrogen and oxygen atoms in total. The average molecular weight is 378 g/mol. The molecule has 0 aliphatic carbocycles. The third kappa shape index (κ3) is 4.12. The SMILES string of the molecule is Cc1noc(C)c1S(=O)(=O)NCCCc1nc(-c2ccncc2)cs1. The van der Waals surface area contributed by atoms with Crippen LogP contribution in [-0.2, 0) is 16.4 Å². The van der Waals surface area contributed by atoms with Crippen molar-refractivity contribution in [3.8, 4) is 11.3 Å². The molecule has 0 atom stereocenters. The zero-order chi connectivity index (χ0) is 17.9. The first-order chi connectivity index (χ1) is 12.0. The zero-order valence-corrected chi connectivity index (χ0v) is 15.5. The van der Waals surface area contributed by atoms with Crippen molar-refractivity contribution in [1.29, 1.82) is 0 Å². The van der Waals surface area contributed by atoms with E-state index in [2.05, 4.69) is 19.8 Å². The summed E-state index contributed by atoms with van der Waals surface area (Å²) >= 11 is 1.57. The highest BCUT2D eigenvalue weighted by Gasteiger charge is 2.23. The molecule has 25 heavy (non-hydrogen) atoms. The Labute approximate surface area is 150 Å². The van der Waals surface area contributed by atoms with Crippen molar-refractivity contribution >= 4 is 21.4 Å². The minimum atomic E-state index is -3.60. The molecule has 0 bridgehead atoms. The molecule has 0 saturated heterocycles. The molecule has 3 heterocycles. The van der Waals surface area contributed by atoms with E-state index in [1.54, 1.807) is 37.6 Å². The van der Waals surface area contributed by atoms with E-state index in [1.165, 1.54) is 0 Å². The number of nitrogens with zero attached hydrogens (tertiary/aromatic N) is 3. The van der Waals surface area contributed by atoms with Crippen LogP contribution in [0.2, 0.25) is 0 Å². The number of rotatable bonds is 7. The first kappa shape index (κ1) is 17.7. The minimum Gasteiger partial charge on any atom is -0.360 e. The molecule has 1 N–H and O–H groups in total. The number of hydrogen-bond acceptors (Lipinski definition) is 7. The fourth-order valence-corrected chi connectivity index (χ4v) is 4.71. The first-order valence-corrected chi connectivity index (χ1v) is 10.1. The van der Waals surface area contributed by atoms with Crippen LogP contribution in [-0.4, -0.2) is 30.1 Å². The van der Waals surface area contributed by atoms with Gasteiger partial charge in [0.25, 0.3) is 0 Å². The normalized spacial score (nSPS) is 11.8. The molecule has 0 aromatic carbocycles. The number of hydrogen-bond donors (Lipinski definition) is 1. The number of aromatic nitrogens is 3. The van der Waals surface area contributed by atoms with Crippen molar-refractivity contribution < 1.29 is 12.9 Å². The van der Waals surface area contributed by atoms with Crippen LogP contribution in [0.15, 0.2) is 39.3 Å². The zero-order valence-electron chi connectivity index (χ0n) is 13.9. The van der Waals surface area contributed by atoms with Crippen LogP contribution in [0, 0.1) is 13.8 Å². The molecule has 0 unspecified atom stereocenters. The summed E-state index contributed by atoms with van der Waals surface area (Å²) < 4.78 is 32.1. The van der Waals surface area contributed by atoms with Crippen molar-refractivity contribution in [2.45, 2.75) is 31.6 Å². The van der Waals surface area contributed by atoms with Crippen LogP contribution in [0.25, 0.3) is 11.3 Å². The van der Waals surface area contributed by atoms with Gasteiger partial charge in [-0.2, -0.15) is 0 Å². The number of thiazole rings is 1. The fourth-order valence-electron chi connectivity index (χ4n) is 2.46. The summed E-state index contributed by atoms with van der Waals surface area (Å²) in [6, 6.07) is 3.83. The lowest BCUT2D eigenvalue weighted by Crippen LogP contribution is -2.26. The molecular weight excluding hydrogens is 360 g/mol. The Morgan fingerprint density at radius 1 is 1.24 bits per heavy atom. The van der Waals surface area contributed by atoms with Crippen molar-refractivity contribution in [3.05, 3.63) is 46.4 Å². The van der Waals surface area contributed by atoms with Gasteiger partial charge in [-0.3, -0.25) is 4.98 Å². The molecule has 0 aliphatic heterocycles. The van der Waals surface area contributed by atoms with Gasteiger partial charge in [0.2, 0.25) is 10.0 Å². The lowest BCUT2D eigenvalue weighted by Gasteiger charge is -2.05. The van der Waals surface area contributed by atoms with Gasteiger partial charge in [-0.25, -0.2) is 18.1 Å². The maximum atomic E-state index is 12.3. The van der Waals surface area contributed by atoms with E-state index in [4.69, 9.17) is 4.52 Å². The molecule has 0 aliphatic rings. The van der Waals surface area contributed by atoms with Crippen LogP contribution in [0.3, 0.4) is 0 Å². The van der Waals surface area contributed by atoms with Crippen molar-refractivity contribution in [2.24, 2.45) is 0 Å². The molecule has 132 valence electrons. The number of pyridine rings is 1. The molecule has 3 aromatic heterocycles. The largest absolute Gasteiger partial charge is 0.360 e. The van der Waals surface area contributed by atoms with Crippen molar-refractivity contribution in [3.63, 3.8) is 0 Å². The van der Waals surface area contributed by atoms with E-state index in [1.807, 2.05) is 17.5 Å². The molecule has 9 heteroatoms. The summed E-state index contributed by atoms with van der Waals surface area (Å²) in [5, 5.41) is 6.66. The van der Waals surface area contributed by atoms with Gasteiger partial charge in [0.15, 0.2) is 5.76 Å². The van der Waals surface area contributed by atoms with Gasteiger partial charge in [-0.15, -0.1) is 11.3 Å². The molecule has 3 aromatic rings. The Morgan fingerprint density at radius 2 is 2.00 bits per heavy atom. The maximum absolute atomic E-state index is 12.3. The molecule has 0 spiro atoms. The van der Waals surface area contributed by atoms with Crippen LogP contribution < -0.4 is 4.72 Å². The van der Waals surface area contributed by atoms with E-state index < -0.39 is 10.0 Å². The third-order valence-electron chi connectivity index (χ3n) is 3.62. The highest BCUT2D eigenvalue weighted by atomic mass is 32.2. The Kier molecular flexibility index (Phi) is 5.26. The average Bonchev–Trinajstić information content (AvgIpc) is 3.19. The number of aryl methyl sites for hydroxylation is 3. The van der Waals surface area contributed by atoms with Crippen LogP contribution >= 0.6 is 11.3 Å². The molecule has 0 saturated carbocycles. The van der Waals surface area contributed by atoms with Gasteiger partial charge in [0, 0.05) is 36.3 Å². The molecule has 0 amide bonds. The van der Waals surface area contributed by atoms with E-state index in [-0.39, 0.29) is 4.90 Å². The monoisotopic (exact) mass is 378 g/mol. The number of sulfonamides is 1. The quantitative estimate of drug-likeness (QED) is 0.635. The van der Waals surface area contributed by atoms with Crippen molar-refractivity contribution in [1.82, 2.24) is 19.8 Å². The molecule has 3 rings (SSSR count). The smallest absolute Gasteiger partial charge is 0.245 e. The number of nitrogens with one attached hydrogen (secondary N) is 1. The van der Waals surface area contributed by atoms with E-state index in [0.717, 1.165) is 16.3 Å². The summed E-state index contributed by atoms with van der Waals surface area (Å²) in [6.45, 7) is 3.53. The predicted octanol–water partition coefficient (Wildman–Crippen LogP) is 2.72. The molecular formula is C16H18N4O3S2. The van der Waals surface area contributed by atoms with Crippen LogP contribution in [0.5, 0.6) is 0 Å². The summed E-state index contributed by atoms with van der Waals surface area (Å²) in [5.41, 5.74) is 2.31. The summed E-state index contributed by atoms with van der Waals surface area (Å²) in [5.74, 6) is 0.298. The Morgan fingerprint density at radius 3 is 2.68 bits per heavy atom. The fraction of sp³-hybridized carbons (Fsp3) is 0.312. The Hall–Kier alpha value is -2.10. The topological polar surface area (TPSA) is 98.0 Å². The predicted molar refractivity (Wildman–Crippen MR) is 94.8 cm³/mol. The molecule has 0 fully saturated rings. The van der Waals surface area contributed by atoms with Gasteiger partial charge in [0.1, 0.15) is 10.6 Å². The van der Waals surface area contributed by atoms with Gasteiger partial charge in [0.05, 0.1) is 10.7 Å². The van der Waals surface area contributed by atoms with Crippen LogP contribution in [0.4, 0.5) is 0 Å². The third-order valence-corrected chi connectivity index (χ3v) is 6.24. The minimum absolute atomic E-state index is 0.127. The lowest BCUT2D eigenvalue weighted by molar-refractivity contribution is 0.390. The second-order valence-electron chi connectivity index (χ2n) is 5.52. The first-order valence-electron chi connectivity index (χ1n) is 7.75. The molecule has 0 radical (unpaired) electrons. The van der Waals surface area contributed by atoms with Gasteiger partial charge in [-0.05, 0) is 32.4 Å². The van der Waals surface area contributed by atoms with Gasteiger partial charge < -0.3 is 4.52 Å². The van der Waals surface area contributed by atoms with Crippen molar-refractivity contribution in [2.75, 3.05) is 6.54 Å². The van der Waals surface area contributed by atoms with Gasteiger partial charge in [-0.1, -0.05) is 5.16 Å². The summed E-state index contributed by atoms with van der Waals surface area (Å²) in [4.78, 5) is 8.70. The Bertz CT molecular complexity index is 929. The highest BCUT2D eigenvalue weighted by molar-refractivity contribution is 7.89. The van der Waals surface area contributed by atoms with E-state index in [9.17, 15) is 8.42 Å². The summed E-state index contributed by atoms with van der Waals surface area (Å²) in [7, 11) is -3.60. The van der Waals surface area contributed by atoms with E-state index >= 15 is 0 Å². The van der Waals surface area contributed by atoms with Gasteiger partial charge >= 0.3 is 0 Å².